The Labute approximate surface area is 134 Å². The molecule has 116 valence electrons. The lowest BCUT2D eigenvalue weighted by atomic mass is 10.0. The summed E-state index contributed by atoms with van der Waals surface area (Å²) in [7, 11) is 0. The van der Waals surface area contributed by atoms with Gasteiger partial charge in [0, 0.05) is 16.1 Å². The van der Waals surface area contributed by atoms with Gasteiger partial charge >= 0.3 is 0 Å². The lowest BCUT2D eigenvalue weighted by Crippen LogP contribution is -2.39. The van der Waals surface area contributed by atoms with Crippen LogP contribution in [-0.4, -0.2) is 24.6 Å². The number of halogens is 1. The summed E-state index contributed by atoms with van der Waals surface area (Å²) < 4.78 is 6.51. The second-order valence-electron chi connectivity index (χ2n) is 5.85. The van der Waals surface area contributed by atoms with Gasteiger partial charge in [-0.25, -0.2) is 0 Å². The molecule has 0 aliphatic heterocycles. The normalized spacial score (nSPS) is 21.6. The number of carbonyl (C=O) groups excluding carboxylic acids is 1. The van der Waals surface area contributed by atoms with Gasteiger partial charge in [-0.3, -0.25) is 4.79 Å². The molecule has 1 aliphatic carbocycles. The van der Waals surface area contributed by atoms with Crippen LogP contribution in [0, 0.1) is 5.92 Å². The van der Waals surface area contributed by atoms with Gasteiger partial charge in [-0.05, 0) is 57.4 Å². The Morgan fingerprint density at radius 2 is 2.19 bits per heavy atom. The van der Waals surface area contributed by atoms with Crippen LogP contribution in [-0.2, 0) is 0 Å². The highest BCUT2D eigenvalue weighted by molar-refractivity contribution is 9.10. The molecule has 2 atom stereocenters. The molecule has 0 aromatic heterocycles. The van der Waals surface area contributed by atoms with Gasteiger partial charge in [0.2, 0.25) is 0 Å². The summed E-state index contributed by atoms with van der Waals surface area (Å²) in [4.78, 5) is 12.4. The van der Waals surface area contributed by atoms with Crippen molar-refractivity contribution in [3.05, 3.63) is 28.2 Å². The van der Waals surface area contributed by atoms with Crippen molar-refractivity contribution < 1.29 is 9.53 Å². The molecule has 2 rings (SSSR count). The van der Waals surface area contributed by atoms with E-state index in [4.69, 9.17) is 10.5 Å². The fourth-order valence-electron chi connectivity index (χ4n) is 2.79. The van der Waals surface area contributed by atoms with Crippen molar-refractivity contribution >= 4 is 21.8 Å². The average molecular weight is 355 g/mol. The zero-order chi connectivity index (χ0) is 15.4. The predicted molar refractivity (Wildman–Crippen MR) is 87.6 cm³/mol. The van der Waals surface area contributed by atoms with Crippen molar-refractivity contribution in [2.75, 3.05) is 6.54 Å². The number of nitrogens with two attached hydrogens (primary N) is 1. The molecule has 0 spiro atoms. The van der Waals surface area contributed by atoms with E-state index in [-0.39, 0.29) is 18.1 Å². The molecule has 0 bridgehead atoms. The molecule has 1 aliphatic rings. The Bertz CT molecular complexity index is 505. The number of carbonyl (C=O) groups is 1. The second-order valence-corrected chi connectivity index (χ2v) is 6.76. The van der Waals surface area contributed by atoms with E-state index in [2.05, 4.69) is 21.2 Å². The Hall–Kier alpha value is -1.07. The van der Waals surface area contributed by atoms with Gasteiger partial charge < -0.3 is 15.8 Å². The van der Waals surface area contributed by atoms with E-state index >= 15 is 0 Å². The summed E-state index contributed by atoms with van der Waals surface area (Å²) in [6.07, 6.45) is 3.32. The minimum Gasteiger partial charge on any atom is -0.491 e. The van der Waals surface area contributed by atoms with Gasteiger partial charge in [0.1, 0.15) is 5.75 Å². The number of hydrogen-bond donors (Lipinski definition) is 2. The van der Waals surface area contributed by atoms with E-state index in [9.17, 15) is 4.79 Å². The highest BCUT2D eigenvalue weighted by atomic mass is 79.9. The molecule has 1 aromatic carbocycles. The Balaban J connectivity index is 2.09. The monoisotopic (exact) mass is 354 g/mol. The predicted octanol–water partition coefficient (Wildman–Crippen LogP) is 3.09. The lowest BCUT2D eigenvalue weighted by Gasteiger charge is -2.20. The van der Waals surface area contributed by atoms with Crippen LogP contribution in [0.1, 0.15) is 43.5 Å². The topological polar surface area (TPSA) is 64.3 Å². The summed E-state index contributed by atoms with van der Waals surface area (Å²) in [5.41, 5.74) is 6.38. The fourth-order valence-corrected chi connectivity index (χ4v) is 3.27. The number of amides is 1. The third-order valence-electron chi connectivity index (χ3n) is 3.78. The van der Waals surface area contributed by atoms with Crippen molar-refractivity contribution in [1.82, 2.24) is 5.32 Å². The van der Waals surface area contributed by atoms with Crippen molar-refractivity contribution in [3.63, 3.8) is 0 Å². The summed E-state index contributed by atoms with van der Waals surface area (Å²) in [6, 6.07) is 5.66. The molecule has 0 heterocycles. The van der Waals surface area contributed by atoms with Crippen LogP contribution in [0.15, 0.2) is 22.7 Å². The molecule has 5 heteroatoms. The van der Waals surface area contributed by atoms with Gasteiger partial charge in [0.15, 0.2) is 0 Å². The standard InChI is InChI=1S/C16H23BrN2O2/c1-10(2)21-14-7-12(6-13(17)8-14)16(20)19-15-5-3-4-11(15)9-18/h6-8,10-11,15H,3-5,9,18H2,1-2H3,(H,19,20). The van der Waals surface area contributed by atoms with Gasteiger partial charge in [-0.1, -0.05) is 22.4 Å². The van der Waals surface area contributed by atoms with Crippen LogP contribution < -0.4 is 15.8 Å². The van der Waals surface area contributed by atoms with E-state index in [1.807, 2.05) is 26.0 Å². The highest BCUT2D eigenvalue weighted by Gasteiger charge is 2.27. The maximum Gasteiger partial charge on any atom is 0.251 e. The van der Waals surface area contributed by atoms with Gasteiger partial charge in [0.05, 0.1) is 6.10 Å². The van der Waals surface area contributed by atoms with E-state index in [0.717, 1.165) is 23.7 Å². The fraction of sp³-hybridized carbons (Fsp3) is 0.562. The van der Waals surface area contributed by atoms with E-state index in [0.29, 0.717) is 23.8 Å². The van der Waals surface area contributed by atoms with Crippen molar-refractivity contribution in [1.29, 1.82) is 0 Å². The second kappa shape index (κ2) is 7.27. The molecule has 0 radical (unpaired) electrons. The maximum atomic E-state index is 12.4. The molecule has 21 heavy (non-hydrogen) atoms. The molecule has 4 nitrogen and oxygen atoms in total. The van der Waals surface area contributed by atoms with Crippen molar-refractivity contribution in [3.8, 4) is 5.75 Å². The zero-order valence-electron chi connectivity index (χ0n) is 12.6. The first-order chi connectivity index (χ1) is 9.99. The third kappa shape index (κ3) is 4.45. The Morgan fingerprint density at radius 3 is 2.86 bits per heavy atom. The van der Waals surface area contributed by atoms with Gasteiger partial charge in [0.25, 0.3) is 5.91 Å². The molecule has 1 fully saturated rings. The quantitative estimate of drug-likeness (QED) is 0.853. The minimum atomic E-state index is -0.0599. The lowest BCUT2D eigenvalue weighted by molar-refractivity contribution is 0.0928. The molecule has 1 saturated carbocycles. The van der Waals surface area contributed by atoms with Crippen LogP contribution >= 0.6 is 15.9 Å². The van der Waals surface area contributed by atoms with Crippen LogP contribution in [0.2, 0.25) is 0 Å². The average Bonchev–Trinajstić information content (AvgIpc) is 2.84. The highest BCUT2D eigenvalue weighted by Crippen LogP contribution is 2.26. The summed E-state index contributed by atoms with van der Waals surface area (Å²) in [5.74, 6) is 1.04. The molecule has 1 aromatic rings. The zero-order valence-corrected chi connectivity index (χ0v) is 14.2. The van der Waals surface area contributed by atoms with Gasteiger partial charge in [-0.2, -0.15) is 0 Å². The van der Waals surface area contributed by atoms with Crippen LogP contribution in [0.3, 0.4) is 0 Å². The third-order valence-corrected chi connectivity index (χ3v) is 4.24. The van der Waals surface area contributed by atoms with E-state index < -0.39 is 0 Å². The summed E-state index contributed by atoms with van der Waals surface area (Å²) >= 11 is 3.43. The van der Waals surface area contributed by atoms with Gasteiger partial charge in [-0.15, -0.1) is 0 Å². The number of nitrogens with one attached hydrogen (secondary N) is 1. The summed E-state index contributed by atoms with van der Waals surface area (Å²) in [5, 5.41) is 3.11. The SMILES string of the molecule is CC(C)Oc1cc(Br)cc(C(=O)NC2CCCC2CN)c1. The van der Waals surface area contributed by atoms with E-state index in [1.54, 1.807) is 6.07 Å². The first kappa shape index (κ1) is 16.3. The number of rotatable bonds is 5. The summed E-state index contributed by atoms with van der Waals surface area (Å²) in [6.45, 7) is 4.56. The Morgan fingerprint density at radius 1 is 1.43 bits per heavy atom. The van der Waals surface area contributed by atoms with E-state index in [1.165, 1.54) is 0 Å². The van der Waals surface area contributed by atoms with Crippen LogP contribution in [0.4, 0.5) is 0 Å². The molecule has 0 saturated heterocycles. The number of benzene rings is 1. The van der Waals surface area contributed by atoms with Crippen molar-refractivity contribution in [2.24, 2.45) is 11.7 Å². The molecule has 2 unspecified atom stereocenters. The number of ether oxygens (including phenoxy) is 1. The Kier molecular flexibility index (Phi) is 5.65. The molecular formula is C16H23BrN2O2. The molecule has 3 N–H and O–H groups in total. The molecular weight excluding hydrogens is 332 g/mol. The van der Waals surface area contributed by atoms with Crippen LogP contribution in [0.25, 0.3) is 0 Å². The number of hydrogen-bond acceptors (Lipinski definition) is 3. The first-order valence-corrected chi connectivity index (χ1v) is 8.27. The molecule has 1 amide bonds. The first-order valence-electron chi connectivity index (χ1n) is 7.47. The van der Waals surface area contributed by atoms with Crippen LogP contribution in [0.5, 0.6) is 5.75 Å². The maximum absolute atomic E-state index is 12.4. The smallest absolute Gasteiger partial charge is 0.251 e. The largest absolute Gasteiger partial charge is 0.491 e. The van der Waals surface area contributed by atoms with Crippen molar-refractivity contribution in [2.45, 2.75) is 45.3 Å². The minimum absolute atomic E-state index is 0.0599.